The summed E-state index contributed by atoms with van der Waals surface area (Å²) in [6.45, 7) is 3.11. The van der Waals surface area contributed by atoms with Crippen molar-refractivity contribution >= 4 is 22.2 Å². The number of nitrogens with zero attached hydrogens (tertiary/aromatic N) is 2. The summed E-state index contributed by atoms with van der Waals surface area (Å²) in [6, 6.07) is 11.0. The van der Waals surface area contributed by atoms with Crippen molar-refractivity contribution in [2.45, 2.75) is 19.4 Å². The van der Waals surface area contributed by atoms with E-state index in [1.807, 2.05) is 11.7 Å². The average molecular weight is 285 g/mol. The predicted octanol–water partition coefficient (Wildman–Crippen LogP) is 3.53. The Bertz CT molecular complexity index is 685. The van der Waals surface area contributed by atoms with Gasteiger partial charge in [0.15, 0.2) is 0 Å². The molecule has 0 spiro atoms. The number of likely N-dealkylation sites (N-methyl/N-ethyl adjacent to an activating group) is 1. The van der Waals surface area contributed by atoms with E-state index < -0.39 is 0 Å². The zero-order chi connectivity index (χ0) is 13.9. The molecule has 1 unspecified atom stereocenters. The molecule has 20 heavy (non-hydrogen) atoms. The van der Waals surface area contributed by atoms with Crippen molar-refractivity contribution in [3.8, 4) is 0 Å². The Kier molecular flexibility index (Phi) is 3.85. The molecule has 104 valence electrons. The molecule has 3 rings (SSSR count). The van der Waals surface area contributed by atoms with E-state index in [0.29, 0.717) is 6.04 Å². The molecule has 0 aliphatic rings. The molecular weight excluding hydrogens is 266 g/mol. The average Bonchev–Trinajstić information content (AvgIpc) is 3.08. The summed E-state index contributed by atoms with van der Waals surface area (Å²) in [6.07, 6.45) is 0.923. The van der Waals surface area contributed by atoms with Crippen molar-refractivity contribution in [3.05, 3.63) is 52.3 Å². The first-order valence-electron chi connectivity index (χ1n) is 6.95. The van der Waals surface area contributed by atoms with E-state index in [-0.39, 0.29) is 0 Å². The zero-order valence-electron chi connectivity index (χ0n) is 11.8. The van der Waals surface area contributed by atoms with Crippen molar-refractivity contribution < 1.29 is 0 Å². The Morgan fingerprint density at radius 1 is 1.30 bits per heavy atom. The highest BCUT2D eigenvalue weighted by molar-refractivity contribution is 7.07. The number of hydrogen-bond donors (Lipinski definition) is 1. The Morgan fingerprint density at radius 2 is 2.15 bits per heavy atom. The highest BCUT2D eigenvalue weighted by Crippen LogP contribution is 2.25. The summed E-state index contributed by atoms with van der Waals surface area (Å²) in [5.41, 5.74) is 3.72. The summed E-state index contributed by atoms with van der Waals surface area (Å²) in [4.78, 5) is 0. The summed E-state index contributed by atoms with van der Waals surface area (Å²) in [5.74, 6) is 0. The topological polar surface area (TPSA) is 29.9 Å². The molecule has 1 N–H and O–H groups in total. The number of nitrogens with one attached hydrogen (secondary N) is 1. The molecule has 0 amide bonds. The van der Waals surface area contributed by atoms with Crippen LogP contribution in [0.1, 0.15) is 24.2 Å². The van der Waals surface area contributed by atoms with Gasteiger partial charge in [-0.1, -0.05) is 25.1 Å². The Labute approximate surface area is 123 Å². The minimum Gasteiger partial charge on any atom is -0.310 e. The van der Waals surface area contributed by atoms with Gasteiger partial charge in [0.1, 0.15) is 0 Å². The number of aryl methyl sites for hydroxylation is 1. The fraction of sp³-hybridized carbons (Fsp3) is 0.312. The second-order valence-corrected chi connectivity index (χ2v) is 5.74. The smallest absolute Gasteiger partial charge is 0.0722 e. The lowest BCUT2D eigenvalue weighted by atomic mass is 10.0. The fourth-order valence-corrected chi connectivity index (χ4v) is 3.37. The van der Waals surface area contributed by atoms with Gasteiger partial charge < -0.3 is 5.32 Å². The maximum atomic E-state index is 4.70. The lowest BCUT2D eigenvalue weighted by Crippen LogP contribution is -2.22. The number of thiophene rings is 1. The standard InChI is InChI=1S/C16H19N3S/c1-3-17-14(12-8-9-20-11-12)10-15-13-6-4-5-7-16(13)19(2)18-15/h4-9,11,14,17H,3,10H2,1-2H3. The van der Waals surface area contributed by atoms with Crippen LogP contribution in [0.5, 0.6) is 0 Å². The van der Waals surface area contributed by atoms with Crippen molar-refractivity contribution in [3.63, 3.8) is 0 Å². The van der Waals surface area contributed by atoms with Gasteiger partial charge in [-0.15, -0.1) is 0 Å². The fourth-order valence-electron chi connectivity index (χ4n) is 2.66. The van der Waals surface area contributed by atoms with Crippen LogP contribution in [0.2, 0.25) is 0 Å². The number of aromatic nitrogens is 2. The van der Waals surface area contributed by atoms with Gasteiger partial charge in [-0.3, -0.25) is 4.68 Å². The number of hydrogen-bond acceptors (Lipinski definition) is 3. The molecule has 1 atom stereocenters. The van der Waals surface area contributed by atoms with Crippen LogP contribution in [0.15, 0.2) is 41.1 Å². The monoisotopic (exact) mass is 285 g/mol. The molecule has 2 aromatic heterocycles. The van der Waals surface area contributed by atoms with E-state index in [2.05, 4.69) is 53.3 Å². The van der Waals surface area contributed by atoms with Gasteiger partial charge in [0.05, 0.1) is 11.2 Å². The SMILES string of the molecule is CCNC(Cc1nn(C)c2ccccc12)c1ccsc1. The molecule has 0 bridgehead atoms. The molecule has 2 heterocycles. The normalized spacial score (nSPS) is 12.9. The Morgan fingerprint density at radius 3 is 2.90 bits per heavy atom. The summed E-state index contributed by atoms with van der Waals surface area (Å²) in [7, 11) is 2.01. The summed E-state index contributed by atoms with van der Waals surface area (Å²) in [5, 5.41) is 13.9. The van der Waals surface area contributed by atoms with Crippen LogP contribution in [0.4, 0.5) is 0 Å². The van der Waals surface area contributed by atoms with Gasteiger partial charge in [0, 0.05) is 24.9 Å². The summed E-state index contributed by atoms with van der Waals surface area (Å²) >= 11 is 1.75. The second kappa shape index (κ2) is 5.77. The molecular formula is C16H19N3S. The van der Waals surface area contributed by atoms with E-state index in [4.69, 9.17) is 5.10 Å². The highest BCUT2D eigenvalue weighted by Gasteiger charge is 2.16. The van der Waals surface area contributed by atoms with Gasteiger partial charge in [0.25, 0.3) is 0 Å². The Hall–Kier alpha value is -1.65. The number of rotatable bonds is 5. The molecule has 0 radical (unpaired) electrons. The third-order valence-electron chi connectivity index (χ3n) is 3.63. The molecule has 0 aliphatic heterocycles. The van der Waals surface area contributed by atoms with Crippen molar-refractivity contribution in [1.82, 2.24) is 15.1 Å². The second-order valence-electron chi connectivity index (χ2n) is 4.96. The number of para-hydroxylation sites is 1. The van der Waals surface area contributed by atoms with E-state index >= 15 is 0 Å². The molecule has 1 aromatic carbocycles. The van der Waals surface area contributed by atoms with Gasteiger partial charge >= 0.3 is 0 Å². The highest BCUT2D eigenvalue weighted by atomic mass is 32.1. The molecule has 3 aromatic rings. The van der Waals surface area contributed by atoms with E-state index in [9.17, 15) is 0 Å². The number of benzene rings is 1. The van der Waals surface area contributed by atoms with Gasteiger partial charge in [-0.25, -0.2) is 0 Å². The van der Waals surface area contributed by atoms with Crippen LogP contribution in [0.25, 0.3) is 10.9 Å². The first-order chi connectivity index (χ1) is 9.79. The lowest BCUT2D eigenvalue weighted by molar-refractivity contribution is 0.542. The summed E-state index contributed by atoms with van der Waals surface area (Å²) < 4.78 is 1.97. The molecule has 0 saturated heterocycles. The molecule has 0 aliphatic carbocycles. The first kappa shape index (κ1) is 13.3. The third kappa shape index (κ3) is 2.49. The first-order valence-corrected chi connectivity index (χ1v) is 7.90. The van der Waals surface area contributed by atoms with Gasteiger partial charge in [-0.05, 0) is 35.0 Å². The Balaban J connectivity index is 1.94. The van der Waals surface area contributed by atoms with E-state index in [1.165, 1.54) is 22.2 Å². The van der Waals surface area contributed by atoms with Crippen LogP contribution in [-0.4, -0.2) is 16.3 Å². The van der Waals surface area contributed by atoms with Crippen LogP contribution in [0, 0.1) is 0 Å². The molecule has 0 saturated carbocycles. The largest absolute Gasteiger partial charge is 0.310 e. The van der Waals surface area contributed by atoms with Crippen LogP contribution >= 0.6 is 11.3 Å². The van der Waals surface area contributed by atoms with Crippen LogP contribution in [-0.2, 0) is 13.5 Å². The van der Waals surface area contributed by atoms with Gasteiger partial charge in [0.2, 0.25) is 0 Å². The lowest BCUT2D eigenvalue weighted by Gasteiger charge is -2.15. The predicted molar refractivity (Wildman–Crippen MR) is 85.2 cm³/mol. The molecule has 3 nitrogen and oxygen atoms in total. The minimum absolute atomic E-state index is 0.338. The van der Waals surface area contributed by atoms with Crippen molar-refractivity contribution in [2.24, 2.45) is 7.05 Å². The quantitative estimate of drug-likeness (QED) is 0.777. The van der Waals surface area contributed by atoms with Crippen LogP contribution < -0.4 is 5.32 Å². The maximum Gasteiger partial charge on any atom is 0.0722 e. The maximum absolute atomic E-state index is 4.70. The van der Waals surface area contributed by atoms with Crippen LogP contribution in [0.3, 0.4) is 0 Å². The minimum atomic E-state index is 0.338. The van der Waals surface area contributed by atoms with E-state index in [0.717, 1.165) is 13.0 Å². The molecule has 4 heteroatoms. The third-order valence-corrected chi connectivity index (χ3v) is 4.33. The van der Waals surface area contributed by atoms with E-state index in [1.54, 1.807) is 11.3 Å². The zero-order valence-corrected chi connectivity index (χ0v) is 12.7. The van der Waals surface area contributed by atoms with Gasteiger partial charge in [-0.2, -0.15) is 16.4 Å². The van der Waals surface area contributed by atoms with Crippen molar-refractivity contribution in [1.29, 1.82) is 0 Å². The molecule has 0 fully saturated rings. The number of fused-ring (bicyclic) bond motifs is 1. The van der Waals surface area contributed by atoms with Crippen molar-refractivity contribution in [2.75, 3.05) is 6.54 Å².